The van der Waals surface area contributed by atoms with Crippen LogP contribution in [0.25, 0.3) is 0 Å². The average molecular weight is 278 g/mol. The van der Waals surface area contributed by atoms with Gasteiger partial charge in [0.15, 0.2) is 0 Å². The quantitative estimate of drug-likeness (QED) is 0.829. The number of hydrogen-bond acceptors (Lipinski definition) is 5. The van der Waals surface area contributed by atoms with Crippen LogP contribution in [0.3, 0.4) is 0 Å². The maximum Gasteiger partial charge on any atom is 0.239 e. The van der Waals surface area contributed by atoms with Crippen LogP contribution >= 0.6 is 23.8 Å². The molecule has 1 heterocycles. The van der Waals surface area contributed by atoms with Gasteiger partial charge in [0.2, 0.25) is 5.91 Å². The lowest BCUT2D eigenvalue weighted by Crippen LogP contribution is -2.31. The van der Waals surface area contributed by atoms with E-state index in [0.29, 0.717) is 5.00 Å². The Morgan fingerprint density at radius 2 is 2.11 bits per heavy atom. The zero-order valence-corrected chi connectivity index (χ0v) is 10.9. The van der Waals surface area contributed by atoms with Crippen molar-refractivity contribution in [2.75, 3.05) is 5.32 Å². The highest BCUT2D eigenvalue weighted by molar-refractivity contribution is 7.80. The molecule has 5 nitrogen and oxygen atoms in total. The Morgan fingerprint density at radius 1 is 1.39 bits per heavy atom. The fourth-order valence-corrected chi connectivity index (χ4v) is 2.17. The van der Waals surface area contributed by atoms with Gasteiger partial charge in [-0.15, -0.1) is 5.10 Å². The van der Waals surface area contributed by atoms with Gasteiger partial charge in [-0.3, -0.25) is 4.79 Å². The number of carbonyl (C=O) groups excluding carboxylic acids is 1. The topological polar surface area (TPSA) is 80.9 Å². The van der Waals surface area contributed by atoms with Crippen LogP contribution in [0.1, 0.15) is 11.5 Å². The first-order valence-electron chi connectivity index (χ1n) is 5.11. The number of nitrogens with one attached hydrogen (secondary N) is 1. The Balaban J connectivity index is 2.21. The molecule has 0 radical (unpaired) electrons. The van der Waals surface area contributed by atoms with Crippen LogP contribution in [0, 0.1) is 0 Å². The van der Waals surface area contributed by atoms with Crippen molar-refractivity contribution in [2.24, 2.45) is 5.73 Å². The van der Waals surface area contributed by atoms with Gasteiger partial charge in [0, 0.05) is 11.5 Å². The second-order valence-corrected chi connectivity index (χ2v) is 4.77. The van der Waals surface area contributed by atoms with Crippen molar-refractivity contribution < 1.29 is 4.79 Å². The molecule has 0 aliphatic heterocycles. The lowest BCUT2D eigenvalue weighted by Gasteiger charge is -2.14. The number of anilines is 1. The summed E-state index contributed by atoms with van der Waals surface area (Å²) in [5, 5.41) is 6.90. The standard InChI is InChI=1S/C11H10N4OS2/c12-10(17)9(7-4-2-1-3-5-7)11(16)14-8-6-13-15-18-8/h1-6,9H,(H2,12,17)(H,14,16). The molecule has 18 heavy (non-hydrogen) atoms. The molecule has 3 N–H and O–H groups in total. The highest BCUT2D eigenvalue weighted by Gasteiger charge is 2.23. The van der Waals surface area contributed by atoms with Gasteiger partial charge in [0.25, 0.3) is 0 Å². The number of benzene rings is 1. The van der Waals surface area contributed by atoms with Gasteiger partial charge in [-0.2, -0.15) is 0 Å². The Labute approximate surface area is 113 Å². The summed E-state index contributed by atoms with van der Waals surface area (Å²) in [5.74, 6) is -0.928. The van der Waals surface area contributed by atoms with Crippen molar-refractivity contribution in [3.63, 3.8) is 0 Å². The fraction of sp³-hybridized carbons (Fsp3) is 0.0909. The summed E-state index contributed by atoms with van der Waals surface area (Å²) in [6.45, 7) is 0. The van der Waals surface area contributed by atoms with Crippen LogP contribution in [-0.4, -0.2) is 20.5 Å². The maximum atomic E-state index is 12.1. The second-order valence-electron chi connectivity index (χ2n) is 3.52. The molecule has 0 bridgehead atoms. The molecule has 0 saturated carbocycles. The van der Waals surface area contributed by atoms with Crippen LogP contribution < -0.4 is 11.1 Å². The number of carbonyl (C=O) groups is 1. The monoisotopic (exact) mass is 278 g/mol. The molecule has 0 aliphatic rings. The van der Waals surface area contributed by atoms with E-state index in [1.165, 1.54) is 6.20 Å². The molecule has 2 rings (SSSR count). The normalized spacial score (nSPS) is 11.8. The van der Waals surface area contributed by atoms with Crippen LogP contribution in [0.4, 0.5) is 5.00 Å². The van der Waals surface area contributed by atoms with E-state index < -0.39 is 5.92 Å². The lowest BCUT2D eigenvalue weighted by molar-refractivity contribution is -0.116. The van der Waals surface area contributed by atoms with Crippen molar-refractivity contribution in [1.82, 2.24) is 9.59 Å². The van der Waals surface area contributed by atoms with Gasteiger partial charge in [0.1, 0.15) is 10.9 Å². The number of rotatable bonds is 4. The zero-order valence-electron chi connectivity index (χ0n) is 9.24. The number of hydrogen-bond donors (Lipinski definition) is 2. The maximum absolute atomic E-state index is 12.1. The van der Waals surface area contributed by atoms with Gasteiger partial charge in [-0.1, -0.05) is 47.0 Å². The minimum atomic E-state index is -0.650. The molecular formula is C11H10N4OS2. The predicted octanol–water partition coefficient (Wildman–Crippen LogP) is 1.55. The summed E-state index contributed by atoms with van der Waals surface area (Å²) in [6, 6.07) is 9.16. The van der Waals surface area contributed by atoms with Gasteiger partial charge < -0.3 is 11.1 Å². The van der Waals surface area contributed by atoms with Crippen molar-refractivity contribution in [2.45, 2.75) is 5.92 Å². The Bertz CT molecular complexity index is 541. The summed E-state index contributed by atoms with van der Waals surface area (Å²) in [7, 11) is 0. The first kappa shape index (κ1) is 12.6. The van der Waals surface area contributed by atoms with Gasteiger partial charge >= 0.3 is 0 Å². The zero-order chi connectivity index (χ0) is 13.0. The van der Waals surface area contributed by atoms with Crippen molar-refractivity contribution in [1.29, 1.82) is 0 Å². The highest BCUT2D eigenvalue weighted by atomic mass is 32.1. The molecule has 1 unspecified atom stereocenters. The summed E-state index contributed by atoms with van der Waals surface area (Å²) < 4.78 is 3.67. The van der Waals surface area contributed by atoms with E-state index in [9.17, 15) is 4.79 Å². The lowest BCUT2D eigenvalue weighted by atomic mass is 9.98. The molecule has 1 atom stereocenters. The van der Waals surface area contributed by atoms with Gasteiger partial charge in [-0.05, 0) is 5.56 Å². The van der Waals surface area contributed by atoms with E-state index in [4.69, 9.17) is 18.0 Å². The van der Waals surface area contributed by atoms with E-state index in [0.717, 1.165) is 17.1 Å². The smallest absolute Gasteiger partial charge is 0.239 e. The molecule has 0 fully saturated rings. The molecule has 92 valence electrons. The number of nitrogens with zero attached hydrogens (tertiary/aromatic N) is 2. The van der Waals surface area contributed by atoms with Gasteiger partial charge in [-0.25, -0.2) is 0 Å². The second kappa shape index (κ2) is 5.65. The largest absolute Gasteiger partial charge is 0.392 e. The Hall–Kier alpha value is -1.86. The minimum absolute atomic E-state index is 0.135. The molecule has 0 spiro atoms. The minimum Gasteiger partial charge on any atom is -0.392 e. The van der Waals surface area contributed by atoms with Gasteiger partial charge in [0.05, 0.1) is 11.2 Å². The van der Waals surface area contributed by atoms with E-state index in [1.807, 2.05) is 30.3 Å². The molecular weight excluding hydrogens is 268 g/mol. The first-order chi connectivity index (χ1) is 8.68. The number of nitrogens with two attached hydrogens (primary N) is 1. The van der Waals surface area contributed by atoms with Crippen molar-refractivity contribution in [3.05, 3.63) is 42.1 Å². The van der Waals surface area contributed by atoms with E-state index in [1.54, 1.807) is 0 Å². The highest BCUT2D eigenvalue weighted by Crippen LogP contribution is 2.19. The Morgan fingerprint density at radius 3 is 2.67 bits per heavy atom. The number of aromatic nitrogens is 2. The first-order valence-corrected chi connectivity index (χ1v) is 6.29. The van der Waals surface area contributed by atoms with Crippen LogP contribution in [-0.2, 0) is 4.79 Å². The predicted molar refractivity (Wildman–Crippen MR) is 74.5 cm³/mol. The van der Waals surface area contributed by atoms with Crippen molar-refractivity contribution >= 4 is 39.6 Å². The molecule has 0 aliphatic carbocycles. The molecule has 7 heteroatoms. The molecule has 0 saturated heterocycles. The molecule has 2 aromatic rings. The third-order valence-electron chi connectivity index (χ3n) is 2.29. The summed E-state index contributed by atoms with van der Waals surface area (Å²) in [5.41, 5.74) is 6.41. The van der Waals surface area contributed by atoms with Crippen molar-refractivity contribution in [3.8, 4) is 0 Å². The van der Waals surface area contributed by atoms with Crippen LogP contribution in [0.15, 0.2) is 36.5 Å². The van der Waals surface area contributed by atoms with Crippen LogP contribution in [0.2, 0.25) is 0 Å². The fourth-order valence-electron chi connectivity index (χ4n) is 1.51. The van der Waals surface area contributed by atoms with E-state index in [-0.39, 0.29) is 10.9 Å². The SMILES string of the molecule is NC(=S)C(C(=O)Nc1cnns1)c1ccccc1. The van der Waals surface area contributed by atoms with Crippen LogP contribution in [0.5, 0.6) is 0 Å². The van der Waals surface area contributed by atoms with E-state index >= 15 is 0 Å². The molecule has 1 amide bonds. The molecule has 1 aromatic carbocycles. The summed E-state index contributed by atoms with van der Waals surface area (Å²) >= 11 is 6.06. The average Bonchev–Trinajstić information content (AvgIpc) is 2.83. The number of thiocarbonyl (C=S) groups is 1. The molecule has 1 aromatic heterocycles. The summed E-state index contributed by atoms with van der Waals surface area (Å²) in [4.78, 5) is 12.3. The third kappa shape index (κ3) is 2.88. The number of amides is 1. The Kier molecular flexibility index (Phi) is 3.96. The summed E-state index contributed by atoms with van der Waals surface area (Å²) in [6.07, 6.45) is 1.48. The van der Waals surface area contributed by atoms with E-state index in [2.05, 4.69) is 14.9 Å². The third-order valence-corrected chi connectivity index (χ3v) is 3.10.